The van der Waals surface area contributed by atoms with Gasteiger partial charge in [0, 0.05) is 18.5 Å². The van der Waals surface area contributed by atoms with Gasteiger partial charge < -0.3 is 14.6 Å². The van der Waals surface area contributed by atoms with Crippen LogP contribution in [-0.4, -0.2) is 37.0 Å². The van der Waals surface area contributed by atoms with Crippen LogP contribution in [0, 0.1) is 5.92 Å². The summed E-state index contributed by atoms with van der Waals surface area (Å²) >= 11 is 0. The second-order valence-corrected chi connectivity index (χ2v) is 6.94. The fourth-order valence-electron chi connectivity index (χ4n) is 3.29. The molecular formula is C19H28N2O2. The zero-order valence-corrected chi connectivity index (χ0v) is 14.1. The molecule has 1 saturated heterocycles. The molecule has 2 unspecified atom stereocenters. The Labute approximate surface area is 138 Å². The monoisotopic (exact) mass is 316 g/mol. The molecule has 1 N–H and O–H groups in total. The van der Waals surface area contributed by atoms with Gasteiger partial charge in [-0.3, -0.25) is 4.79 Å². The number of amides is 1. The van der Waals surface area contributed by atoms with Gasteiger partial charge in [0.2, 0.25) is 5.91 Å². The van der Waals surface area contributed by atoms with Crippen molar-refractivity contribution in [3.05, 3.63) is 29.7 Å². The number of nitrogens with one attached hydrogen (secondary N) is 1. The SMILES string of the molecule is CC1CC1c1ccc(/C=C/C(=O)NCCCN2CCCCC2)o1. The van der Waals surface area contributed by atoms with E-state index in [-0.39, 0.29) is 5.91 Å². The highest BCUT2D eigenvalue weighted by molar-refractivity contribution is 5.91. The first-order valence-corrected chi connectivity index (χ1v) is 9.00. The molecule has 1 aromatic rings. The van der Waals surface area contributed by atoms with Crippen molar-refractivity contribution in [1.82, 2.24) is 10.2 Å². The van der Waals surface area contributed by atoms with Crippen LogP contribution >= 0.6 is 0 Å². The summed E-state index contributed by atoms with van der Waals surface area (Å²) < 4.78 is 5.76. The first kappa shape index (κ1) is 16.3. The fourth-order valence-corrected chi connectivity index (χ4v) is 3.29. The molecule has 1 aromatic heterocycles. The molecule has 2 atom stereocenters. The molecule has 2 heterocycles. The second-order valence-electron chi connectivity index (χ2n) is 6.94. The van der Waals surface area contributed by atoms with Crippen LogP contribution in [0.2, 0.25) is 0 Å². The summed E-state index contributed by atoms with van der Waals surface area (Å²) in [5, 5.41) is 2.95. The van der Waals surface area contributed by atoms with E-state index in [1.165, 1.54) is 38.8 Å². The van der Waals surface area contributed by atoms with Crippen molar-refractivity contribution in [3.8, 4) is 0 Å². The predicted octanol–water partition coefficient (Wildman–Crippen LogP) is 3.41. The van der Waals surface area contributed by atoms with Crippen LogP contribution in [0.5, 0.6) is 0 Å². The van der Waals surface area contributed by atoms with Gasteiger partial charge in [-0.25, -0.2) is 0 Å². The number of hydrogen-bond acceptors (Lipinski definition) is 3. The third kappa shape index (κ3) is 4.96. The van der Waals surface area contributed by atoms with E-state index in [0.29, 0.717) is 5.92 Å². The second kappa shape index (κ2) is 7.82. The lowest BCUT2D eigenvalue weighted by atomic mass is 10.1. The van der Waals surface area contributed by atoms with Gasteiger partial charge >= 0.3 is 0 Å². The molecule has 4 heteroatoms. The highest BCUT2D eigenvalue weighted by atomic mass is 16.3. The highest BCUT2D eigenvalue weighted by Gasteiger charge is 2.36. The maximum atomic E-state index is 11.8. The standard InChI is InChI=1S/C19H28N2O2/c1-15-14-17(15)18-8-6-16(23-18)7-9-19(22)20-10-5-13-21-11-3-2-4-12-21/h6-9,15,17H,2-5,10-14H2,1H3,(H,20,22)/b9-7+. The Kier molecular flexibility index (Phi) is 5.55. The van der Waals surface area contributed by atoms with Crippen LogP contribution in [0.15, 0.2) is 22.6 Å². The van der Waals surface area contributed by atoms with Crippen LogP contribution in [0.1, 0.15) is 56.5 Å². The Morgan fingerprint density at radius 1 is 1.35 bits per heavy atom. The van der Waals surface area contributed by atoms with E-state index in [4.69, 9.17) is 4.42 Å². The lowest BCUT2D eigenvalue weighted by Gasteiger charge is -2.26. The highest BCUT2D eigenvalue weighted by Crippen LogP contribution is 2.47. The molecule has 0 bridgehead atoms. The minimum absolute atomic E-state index is 0.0404. The molecule has 0 spiro atoms. The molecule has 2 aliphatic rings. The van der Waals surface area contributed by atoms with Gasteiger partial charge in [0.25, 0.3) is 0 Å². The number of carbonyl (C=O) groups excluding carboxylic acids is 1. The summed E-state index contributed by atoms with van der Waals surface area (Å²) in [6.45, 7) is 6.50. The number of carbonyl (C=O) groups is 1. The maximum Gasteiger partial charge on any atom is 0.244 e. The normalized spacial score (nSPS) is 24.9. The molecular weight excluding hydrogens is 288 g/mol. The zero-order valence-electron chi connectivity index (χ0n) is 14.1. The van der Waals surface area contributed by atoms with Gasteiger partial charge in [-0.1, -0.05) is 13.3 Å². The van der Waals surface area contributed by atoms with E-state index in [1.807, 2.05) is 12.1 Å². The quantitative estimate of drug-likeness (QED) is 0.619. The molecule has 3 rings (SSSR count). The average Bonchev–Trinajstić information content (AvgIpc) is 3.11. The molecule has 1 amide bonds. The van der Waals surface area contributed by atoms with Gasteiger partial charge in [-0.2, -0.15) is 0 Å². The zero-order chi connectivity index (χ0) is 16.1. The van der Waals surface area contributed by atoms with Crippen molar-refractivity contribution >= 4 is 12.0 Å². The van der Waals surface area contributed by atoms with Crippen molar-refractivity contribution in [3.63, 3.8) is 0 Å². The summed E-state index contributed by atoms with van der Waals surface area (Å²) in [6.07, 6.45) is 9.57. The van der Waals surface area contributed by atoms with Crippen LogP contribution in [0.25, 0.3) is 6.08 Å². The van der Waals surface area contributed by atoms with Crippen LogP contribution in [0.3, 0.4) is 0 Å². The third-order valence-corrected chi connectivity index (χ3v) is 4.92. The Morgan fingerprint density at radius 3 is 2.87 bits per heavy atom. The molecule has 0 aromatic carbocycles. The minimum Gasteiger partial charge on any atom is -0.461 e. The van der Waals surface area contributed by atoms with Crippen molar-refractivity contribution in [2.45, 2.75) is 44.9 Å². The van der Waals surface area contributed by atoms with Crippen molar-refractivity contribution in [2.24, 2.45) is 5.92 Å². The number of likely N-dealkylation sites (tertiary alicyclic amines) is 1. The molecule has 1 aliphatic carbocycles. The molecule has 1 aliphatic heterocycles. The minimum atomic E-state index is -0.0404. The van der Waals surface area contributed by atoms with Crippen molar-refractivity contribution in [1.29, 1.82) is 0 Å². The molecule has 126 valence electrons. The van der Waals surface area contributed by atoms with Gasteiger partial charge in [-0.05, 0) is 69.4 Å². The van der Waals surface area contributed by atoms with Crippen LogP contribution in [-0.2, 0) is 4.79 Å². The molecule has 23 heavy (non-hydrogen) atoms. The fraction of sp³-hybridized carbons (Fsp3) is 0.632. The number of rotatable bonds is 7. The Balaban J connectivity index is 1.33. The number of hydrogen-bond donors (Lipinski definition) is 1. The van der Waals surface area contributed by atoms with E-state index >= 15 is 0 Å². The number of piperidine rings is 1. The summed E-state index contributed by atoms with van der Waals surface area (Å²) in [5.74, 6) is 3.10. The van der Waals surface area contributed by atoms with Gasteiger partial charge in [0.05, 0.1) is 0 Å². The lowest BCUT2D eigenvalue weighted by molar-refractivity contribution is -0.116. The third-order valence-electron chi connectivity index (χ3n) is 4.92. The van der Waals surface area contributed by atoms with Crippen molar-refractivity contribution in [2.75, 3.05) is 26.2 Å². The predicted molar refractivity (Wildman–Crippen MR) is 92.2 cm³/mol. The van der Waals surface area contributed by atoms with E-state index in [9.17, 15) is 4.79 Å². The van der Waals surface area contributed by atoms with E-state index in [0.717, 1.165) is 36.9 Å². The summed E-state index contributed by atoms with van der Waals surface area (Å²) in [5.41, 5.74) is 0. The largest absolute Gasteiger partial charge is 0.461 e. The van der Waals surface area contributed by atoms with Crippen molar-refractivity contribution < 1.29 is 9.21 Å². The maximum absolute atomic E-state index is 11.8. The summed E-state index contributed by atoms with van der Waals surface area (Å²) in [6, 6.07) is 3.98. The van der Waals surface area contributed by atoms with Crippen LogP contribution < -0.4 is 5.32 Å². The molecule has 4 nitrogen and oxygen atoms in total. The van der Waals surface area contributed by atoms with Gasteiger partial charge in [-0.15, -0.1) is 0 Å². The smallest absolute Gasteiger partial charge is 0.244 e. The average molecular weight is 316 g/mol. The van der Waals surface area contributed by atoms with E-state index in [1.54, 1.807) is 12.2 Å². The number of furan rings is 1. The summed E-state index contributed by atoms with van der Waals surface area (Å²) in [7, 11) is 0. The van der Waals surface area contributed by atoms with E-state index < -0.39 is 0 Å². The van der Waals surface area contributed by atoms with Crippen LogP contribution in [0.4, 0.5) is 0 Å². The molecule has 0 radical (unpaired) electrons. The Bertz CT molecular complexity index is 543. The Morgan fingerprint density at radius 2 is 2.13 bits per heavy atom. The number of nitrogens with zero attached hydrogens (tertiary/aromatic N) is 1. The topological polar surface area (TPSA) is 45.5 Å². The van der Waals surface area contributed by atoms with Gasteiger partial charge in [0.1, 0.15) is 11.5 Å². The lowest BCUT2D eigenvalue weighted by Crippen LogP contribution is -2.33. The first-order valence-electron chi connectivity index (χ1n) is 9.00. The van der Waals surface area contributed by atoms with E-state index in [2.05, 4.69) is 17.1 Å². The Hall–Kier alpha value is -1.55. The first-order chi connectivity index (χ1) is 11.2. The van der Waals surface area contributed by atoms with Gasteiger partial charge in [0.15, 0.2) is 0 Å². The summed E-state index contributed by atoms with van der Waals surface area (Å²) in [4.78, 5) is 14.3. The molecule has 2 fully saturated rings. The molecule has 1 saturated carbocycles.